The molecular formula is C13H22N2O. The summed E-state index contributed by atoms with van der Waals surface area (Å²) in [4.78, 5) is 2.21. The predicted octanol–water partition coefficient (Wildman–Crippen LogP) is 2.03. The Labute approximate surface area is 97.9 Å². The highest BCUT2D eigenvalue weighted by atomic mass is 16.3. The van der Waals surface area contributed by atoms with E-state index in [4.69, 9.17) is 10.8 Å². The van der Waals surface area contributed by atoms with Crippen molar-refractivity contribution in [2.45, 2.75) is 20.8 Å². The third-order valence-corrected chi connectivity index (χ3v) is 2.87. The molecule has 1 aromatic carbocycles. The Morgan fingerprint density at radius 3 is 2.69 bits per heavy atom. The van der Waals surface area contributed by atoms with Crippen molar-refractivity contribution < 1.29 is 5.11 Å². The molecule has 0 aromatic heterocycles. The number of nitrogen functional groups attached to an aromatic ring is 1. The highest BCUT2D eigenvalue weighted by Gasteiger charge is 2.12. The van der Waals surface area contributed by atoms with Gasteiger partial charge in [-0.05, 0) is 31.4 Å². The molecule has 0 amide bonds. The van der Waals surface area contributed by atoms with Gasteiger partial charge < -0.3 is 15.7 Å². The molecule has 0 aliphatic rings. The number of aryl methyl sites for hydroxylation is 1. The minimum atomic E-state index is 0.211. The average molecular weight is 222 g/mol. The number of nitrogens with two attached hydrogens (primary N) is 1. The molecule has 1 aromatic rings. The number of benzene rings is 1. The van der Waals surface area contributed by atoms with Gasteiger partial charge in [-0.3, -0.25) is 0 Å². The maximum Gasteiger partial charge on any atom is 0.0602 e. The molecule has 0 fully saturated rings. The summed E-state index contributed by atoms with van der Waals surface area (Å²) in [5, 5.41) is 9.09. The summed E-state index contributed by atoms with van der Waals surface area (Å²) >= 11 is 0. The molecule has 0 saturated carbocycles. The average Bonchev–Trinajstić information content (AvgIpc) is 2.29. The summed E-state index contributed by atoms with van der Waals surface area (Å²) in [7, 11) is 0. The summed E-state index contributed by atoms with van der Waals surface area (Å²) in [5.41, 5.74) is 9.09. The second-order valence-corrected chi connectivity index (χ2v) is 4.33. The second kappa shape index (κ2) is 5.75. The molecule has 0 heterocycles. The fourth-order valence-electron chi connectivity index (χ4n) is 1.77. The van der Waals surface area contributed by atoms with Crippen LogP contribution in [0.4, 0.5) is 11.4 Å². The van der Waals surface area contributed by atoms with Gasteiger partial charge in [-0.2, -0.15) is 0 Å². The highest BCUT2D eigenvalue weighted by Crippen LogP contribution is 2.26. The number of aliphatic hydroxyl groups is 1. The third-order valence-electron chi connectivity index (χ3n) is 2.87. The van der Waals surface area contributed by atoms with E-state index in [0.717, 1.165) is 30.0 Å². The lowest BCUT2D eigenvalue weighted by Crippen LogP contribution is -2.30. The zero-order chi connectivity index (χ0) is 12.1. The van der Waals surface area contributed by atoms with E-state index in [2.05, 4.69) is 11.8 Å². The first kappa shape index (κ1) is 12.8. The molecule has 0 bridgehead atoms. The maximum atomic E-state index is 9.09. The first-order valence-corrected chi connectivity index (χ1v) is 5.81. The van der Waals surface area contributed by atoms with Crippen LogP contribution in [0, 0.1) is 12.8 Å². The molecule has 1 rings (SSSR count). The van der Waals surface area contributed by atoms with Gasteiger partial charge in [-0.15, -0.1) is 0 Å². The van der Waals surface area contributed by atoms with Crippen molar-refractivity contribution >= 4 is 11.4 Å². The smallest absolute Gasteiger partial charge is 0.0602 e. The Hall–Kier alpha value is -1.22. The van der Waals surface area contributed by atoms with Crippen LogP contribution >= 0.6 is 0 Å². The van der Waals surface area contributed by atoms with Gasteiger partial charge in [0.2, 0.25) is 0 Å². The van der Waals surface area contributed by atoms with Crippen LogP contribution in [0.2, 0.25) is 0 Å². The van der Waals surface area contributed by atoms with Crippen LogP contribution in [-0.4, -0.2) is 24.8 Å². The monoisotopic (exact) mass is 222 g/mol. The fourth-order valence-corrected chi connectivity index (χ4v) is 1.77. The lowest BCUT2D eigenvalue weighted by Gasteiger charge is -2.27. The molecular weight excluding hydrogens is 200 g/mol. The molecule has 1 unspecified atom stereocenters. The van der Waals surface area contributed by atoms with E-state index in [9.17, 15) is 0 Å². The maximum absolute atomic E-state index is 9.09. The van der Waals surface area contributed by atoms with Crippen molar-refractivity contribution in [1.82, 2.24) is 0 Å². The van der Waals surface area contributed by atoms with Crippen LogP contribution in [0.3, 0.4) is 0 Å². The van der Waals surface area contributed by atoms with Gasteiger partial charge in [0.1, 0.15) is 0 Å². The summed E-state index contributed by atoms with van der Waals surface area (Å²) < 4.78 is 0. The van der Waals surface area contributed by atoms with Crippen molar-refractivity contribution in [2.75, 3.05) is 30.3 Å². The Balaban J connectivity index is 2.90. The number of anilines is 2. The van der Waals surface area contributed by atoms with E-state index in [0.29, 0.717) is 0 Å². The quantitative estimate of drug-likeness (QED) is 0.749. The number of rotatable bonds is 5. The van der Waals surface area contributed by atoms with E-state index < -0.39 is 0 Å². The minimum Gasteiger partial charge on any atom is -0.397 e. The SMILES string of the molecule is CCN(CC(C)CO)c1cccc(C)c1N. The molecule has 3 nitrogen and oxygen atoms in total. The Bertz CT molecular complexity index is 339. The molecule has 0 aliphatic carbocycles. The van der Waals surface area contributed by atoms with E-state index in [-0.39, 0.29) is 12.5 Å². The zero-order valence-corrected chi connectivity index (χ0v) is 10.4. The number of aliphatic hydroxyl groups excluding tert-OH is 1. The van der Waals surface area contributed by atoms with Gasteiger partial charge in [-0.1, -0.05) is 19.1 Å². The van der Waals surface area contributed by atoms with Crippen LogP contribution in [0.25, 0.3) is 0 Å². The number of para-hydroxylation sites is 1. The molecule has 0 saturated heterocycles. The molecule has 16 heavy (non-hydrogen) atoms. The minimum absolute atomic E-state index is 0.211. The lowest BCUT2D eigenvalue weighted by atomic mass is 10.1. The van der Waals surface area contributed by atoms with Crippen LogP contribution in [0.1, 0.15) is 19.4 Å². The van der Waals surface area contributed by atoms with Crippen molar-refractivity contribution in [3.05, 3.63) is 23.8 Å². The van der Waals surface area contributed by atoms with Crippen LogP contribution < -0.4 is 10.6 Å². The number of hydrogen-bond acceptors (Lipinski definition) is 3. The van der Waals surface area contributed by atoms with Gasteiger partial charge in [0.15, 0.2) is 0 Å². The molecule has 0 radical (unpaired) electrons. The van der Waals surface area contributed by atoms with Gasteiger partial charge in [0.25, 0.3) is 0 Å². The zero-order valence-electron chi connectivity index (χ0n) is 10.4. The summed E-state index contributed by atoms with van der Waals surface area (Å²) in [6.45, 7) is 8.10. The summed E-state index contributed by atoms with van der Waals surface area (Å²) in [5.74, 6) is 0.264. The Morgan fingerprint density at radius 1 is 1.44 bits per heavy atom. The highest BCUT2D eigenvalue weighted by molar-refractivity contribution is 5.70. The normalized spacial score (nSPS) is 12.5. The fraction of sp³-hybridized carbons (Fsp3) is 0.538. The summed E-state index contributed by atoms with van der Waals surface area (Å²) in [6.07, 6.45) is 0. The Kier molecular flexibility index (Phi) is 4.62. The van der Waals surface area contributed by atoms with Crippen LogP contribution in [0.15, 0.2) is 18.2 Å². The van der Waals surface area contributed by atoms with E-state index in [1.54, 1.807) is 0 Å². The van der Waals surface area contributed by atoms with Crippen molar-refractivity contribution in [3.63, 3.8) is 0 Å². The van der Waals surface area contributed by atoms with Crippen molar-refractivity contribution in [1.29, 1.82) is 0 Å². The number of hydrogen-bond donors (Lipinski definition) is 2. The molecule has 0 spiro atoms. The van der Waals surface area contributed by atoms with E-state index in [1.165, 1.54) is 0 Å². The summed E-state index contributed by atoms with van der Waals surface area (Å²) in [6, 6.07) is 6.07. The van der Waals surface area contributed by atoms with Gasteiger partial charge in [-0.25, -0.2) is 0 Å². The molecule has 3 N–H and O–H groups in total. The van der Waals surface area contributed by atoms with Gasteiger partial charge >= 0.3 is 0 Å². The topological polar surface area (TPSA) is 49.5 Å². The molecule has 90 valence electrons. The first-order valence-electron chi connectivity index (χ1n) is 5.81. The Morgan fingerprint density at radius 2 is 2.12 bits per heavy atom. The molecule has 3 heteroatoms. The van der Waals surface area contributed by atoms with E-state index >= 15 is 0 Å². The third kappa shape index (κ3) is 2.89. The van der Waals surface area contributed by atoms with Crippen molar-refractivity contribution in [3.8, 4) is 0 Å². The van der Waals surface area contributed by atoms with E-state index in [1.807, 2.05) is 32.0 Å². The van der Waals surface area contributed by atoms with Crippen LogP contribution in [-0.2, 0) is 0 Å². The molecule has 0 aliphatic heterocycles. The van der Waals surface area contributed by atoms with Gasteiger partial charge in [0, 0.05) is 19.7 Å². The number of nitrogens with zero attached hydrogens (tertiary/aromatic N) is 1. The van der Waals surface area contributed by atoms with Gasteiger partial charge in [0.05, 0.1) is 11.4 Å². The standard InChI is InChI=1S/C13H22N2O/c1-4-15(8-10(2)9-16)12-7-5-6-11(3)13(12)14/h5-7,10,16H,4,8-9,14H2,1-3H3. The van der Waals surface area contributed by atoms with Crippen LogP contribution in [0.5, 0.6) is 0 Å². The lowest BCUT2D eigenvalue weighted by molar-refractivity contribution is 0.239. The van der Waals surface area contributed by atoms with Crippen molar-refractivity contribution in [2.24, 2.45) is 5.92 Å². The second-order valence-electron chi connectivity index (χ2n) is 4.33. The largest absolute Gasteiger partial charge is 0.397 e. The first-order chi connectivity index (χ1) is 7.60. The molecule has 1 atom stereocenters. The predicted molar refractivity (Wildman–Crippen MR) is 69.7 cm³/mol.